The van der Waals surface area contributed by atoms with Gasteiger partial charge in [-0.1, -0.05) is 50.1 Å². The summed E-state index contributed by atoms with van der Waals surface area (Å²) < 4.78 is 3.78. The summed E-state index contributed by atoms with van der Waals surface area (Å²) >= 11 is 7.02. The number of hydrogen-bond donors (Lipinski definition) is 1. The molecule has 2 aromatic carbocycles. The summed E-state index contributed by atoms with van der Waals surface area (Å²) in [6, 6.07) is 16.0. The highest BCUT2D eigenvalue weighted by Gasteiger charge is 2.15. The largest absolute Gasteiger partial charge is 0.383 e. The van der Waals surface area contributed by atoms with Gasteiger partial charge in [-0.2, -0.15) is 5.10 Å². The summed E-state index contributed by atoms with van der Waals surface area (Å²) in [6.45, 7) is 1.99. The van der Waals surface area contributed by atoms with E-state index in [1.54, 1.807) is 4.68 Å². The number of nitrogen functional groups attached to an aromatic ring is 1. The SMILES string of the molecule is Cc1c(-c2cc(Br)cc(Br)c2)nn(-c2ccccc2)c1N. The quantitative estimate of drug-likeness (QED) is 0.653. The lowest BCUT2D eigenvalue weighted by molar-refractivity contribution is 0.895. The van der Waals surface area contributed by atoms with E-state index in [0.29, 0.717) is 5.82 Å². The van der Waals surface area contributed by atoms with Crippen LogP contribution in [0.2, 0.25) is 0 Å². The molecule has 5 heteroatoms. The highest BCUT2D eigenvalue weighted by Crippen LogP contribution is 2.32. The second-order valence-electron chi connectivity index (χ2n) is 4.76. The predicted octanol–water partition coefficient (Wildman–Crippen LogP) is 4.95. The Morgan fingerprint density at radius 2 is 1.62 bits per heavy atom. The Kier molecular flexibility index (Phi) is 3.87. The fourth-order valence-corrected chi connectivity index (χ4v) is 3.53. The minimum atomic E-state index is 0.660. The lowest BCUT2D eigenvalue weighted by atomic mass is 10.1. The second-order valence-corrected chi connectivity index (χ2v) is 6.60. The second kappa shape index (κ2) is 5.66. The van der Waals surface area contributed by atoms with Crippen LogP contribution in [0.25, 0.3) is 16.9 Å². The van der Waals surface area contributed by atoms with E-state index < -0.39 is 0 Å². The van der Waals surface area contributed by atoms with Crippen LogP contribution in [0.4, 0.5) is 5.82 Å². The van der Waals surface area contributed by atoms with Gasteiger partial charge in [0, 0.05) is 20.1 Å². The number of aromatic nitrogens is 2. The molecule has 0 saturated heterocycles. The Bertz CT molecular complexity index is 775. The third kappa shape index (κ3) is 2.76. The zero-order valence-electron chi connectivity index (χ0n) is 11.3. The van der Waals surface area contributed by atoms with Gasteiger partial charge in [0.2, 0.25) is 0 Å². The first-order valence-electron chi connectivity index (χ1n) is 6.43. The number of hydrogen-bond acceptors (Lipinski definition) is 2. The number of para-hydroxylation sites is 1. The first kappa shape index (κ1) is 14.4. The van der Waals surface area contributed by atoms with Gasteiger partial charge in [-0.3, -0.25) is 0 Å². The minimum Gasteiger partial charge on any atom is -0.383 e. The molecule has 0 unspecified atom stereocenters. The van der Waals surface area contributed by atoms with E-state index in [4.69, 9.17) is 5.73 Å². The van der Waals surface area contributed by atoms with Crippen LogP contribution in [0.5, 0.6) is 0 Å². The monoisotopic (exact) mass is 405 g/mol. The number of nitrogens with two attached hydrogens (primary N) is 1. The van der Waals surface area contributed by atoms with Gasteiger partial charge < -0.3 is 5.73 Å². The molecule has 1 aromatic heterocycles. The molecule has 106 valence electrons. The highest BCUT2D eigenvalue weighted by molar-refractivity contribution is 9.11. The van der Waals surface area contributed by atoms with Crippen LogP contribution in [0.3, 0.4) is 0 Å². The summed E-state index contributed by atoms with van der Waals surface area (Å²) in [7, 11) is 0. The van der Waals surface area contributed by atoms with Crippen molar-refractivity contribution >= 4 is 37.7 Å². The van der Waals surface area contributed by atoms with Crippen molar-refractivity contribution in [1.82, 2.24) is 9.78 Å². The molecule has 0 amide bonds. The molecule has 0 saturated carbocycles. The molecular formula is C16H13Br2N3. The first-order chi connectivity index (χ1) is 10.1. The zero-order valence-corrected chi connectivity index (χ0v) is 14.5. The van der Waals surface area contributed by atoms with Crippen molar-refractivity contribution in [1.29, 1.82) is 0 Å². The van der Waals surface area contributed by atoms with Gasteiger partial charge >= 0.3 is 0 Å². The van der Waals surface area contributed by atoms with Gasteiger partial charge in [-0.15, -0.1) is 0 Å². The topological polar surface area (TPSA) is 43.8 Å². The van der Waals surface area contributed by atoms with Crippen molar-refractivity contribution in [2.45, 2.75) is 6.92 Å². The van der Waals surface area contributed by atoms with Crippen LogP contribution in [0.15, 0.2) is 57.5 Å². The minimum absolute atomic E-state index is 0.660. The molecule has 0 aliphatic rings. The smallest absolute Gasteiger partial charge is 0.130 e. The third-order valence-corrected chi connectivity index (χ3v) is 4.22. The van der Waals surface area contributed by atoms with Gasteiger partial charge in [0.05, 0.1) is 11.4 Å². The molecule has 0 aliphatic carbocycles. The molecule has 0 radical (unpaired) electrons. The summed E-state index contributed by atoms with van der Waals surface area (Å²) in [5.74, 6) is 0.660. The van der Waals surface area contributed by atoms with Crippen molar-refractivity contribution in [3.8, 4) is 16.9 Å². The van der Waals surface area contributed by atoms with Crippen molar-refractivity contribution in [3.05, 3.63) is 63.0 Å². The maximum Gasteiger partial charge on any atom is 0.130 e. The number of rotatable bonds is 2. The maximum absolute atomic E-state index is 6.23. The molecule has 3 nitrogen and oxygen atoms in total. The molecule has 3 rings (SSSR count). The third-order valence-electron chi connectivity index (χ3n) is 3.30. The molecule has 0 bridgehead atoms. The van der Waals surface area contributed by atoms with Crippen molar-refractivity contribution in [2.75, 3.05) is 5.73 Å². The van der Waals surface area contributed by atoms with Gasteiger partial charge in [0.25, 0.3) is 0 Å². The molecule has 3 aromatic rings. The molecule has 0 fully saturated rings. The fraction of sp³-hybridized carbons (Fsp3) is 0.0625. The first-order valence-corrected chi connectivity index (χ1v) is 8.02. The van der Waals surface area contributed by atoms with E-state index in [1.165, 1.54) is 0 Å². The summed E-state index contributed by atoms with van der Waals surface area (Å²) in [4.78, 5) is 0. The van der Waals surface area contributed by atoms with Gasteiger partial charge in [0.1, 0.15) is 5.82 Å². The van der Waals surface area contributed by atoms with E-state index in [2.05, 4.69) is 37.0 Å². The normalized spacial score (nSPS) is 10.8. The molecule has 0 atom stereocenters. The van der Waals surface area contributed by atoms with E-state index in [1.807, 2.05) is 55.5 Å². The van der Waals surface area contributed by atoms with Gasteiger partial charge in [-0.05, 0) is 37.3 Å². The zero-order chi connectivity index (χ0) is 15.0. The molecule has 21 heavy (non-hydrogen) atoms. The number of anilines is 1. The Labute approximate surface area is 140 Å². The molecule has 0 spiro atoms. The summed E-state index contributed by atoms with van der Waals surface area (Å²) in [6.07, 6.45) is 0. The van der Waals surface area contributed by atoms with Gasteiger partial charge in [-0.25, -0.2) is 4.68 Å². The van der Waals surface area contributed by atoms with Crippen LogP contribution >= 0.6 is 31.9 Å². The van der Waals surface area contributed by atoms with Crippen molar-refractivity contribution < 1.29 is 0 Å². The van der Waals surface area contributed by atoms with Crippen LogP contribution in [-0.2, 0) is 0 Å². The van der Waals surface area contributed by atoms with Crippen LogP contribution < -0.4 is 5.73 Å². The Morgan fingerprint density at radius 1 is 1.00 bits per heavy atom. The van der Waals surface area contributed by atoms with Gasteiger partial charge in [0.15, 0.2) is 0 Å². The maximum atomic E-state index is 6.23. The molecule has 0 aliphatic heterocycles. The molecule has 1 heterocycles. The van der Waals surface area contributed by atoms with Crippen LogP contribution in [0, 0.1) is 6.92 Å². The lowest BCUT2D eigenvalue weighted by Gasteiger charge is -2.03. The predicted molar refractivity (Wildman–Crippen MR) is 93.5 cm³/mol. The van der Waals surface area contributed by atoms with E-state index in [0.717, 1.165) is 31.5 Å². The average molecular weight is 407 g/mol. The molecule has 2 N–H and O–H groups in total. The van der Waals surface area contributed by atoms with E-state index in [9.17, 15) is 0 Å². The number of nitrogens with zero attached hydrogens (tertiary/aromatic N) is 2. The van der Waals surface area contributed by atoms with Crippen molar-refractivity contribution in [3.63, 3.8) is 0 Å². The van der Waals surface area contributed by atoms with Crippen molar-refractivity contribution in [2.24, 2.45) is 0 Å². The average Bonchev–Trinajstić information content (AvgIpc) is 2.75. The number of halogens is 2. The molecular weight excluding hydrogens is 394 g/mol. The Morgan fingerprint density at radius 3 is 2.24 bits per heavy atom. The lowest BCUT2D eigenvalue weighted by Crippen LogP contribution is -2.01. The standard InChI is InChI=1S/C16H13Br2N3/c1-10-15(11-7-12(17)9-13(18)8-11)20-21(16(10)19)14-5-3-2-4-6-14/h2-9H,19H2,1H3. The highest BCUT2D eigenvalue weighted by atomic mass is 79.9. The van der Waals surface area contributed by atoms with Crippen LogP contribution in [0.1, 0.15) is 5.56 Å². The number of benzene rings is 2. The Hall–Kier alpha value is -1.59. The summed E-state index contributed by atoms with van der Waals surface area (Å²) in [5, 5.41) is 4.68. The van der Waals surface area contributed by atoms with E-state index >= 15 is 0 Å². The van der Waals surface area contributed by atoms with E-state index in [-0.39, 0.29) is 0 Å². The summed E-state index contributed by atoms with van der Waals surface area (Å²) in [5.41, 5.74) is 10.1. The van der Waals surface area contributed by atoms with Crippen LogP contribution in [-0.4, -0.2) is 9.78 Å². The fourth-order valence-electron chi connectivity index (χ4n) is 2.24. The Balaban J connectivity index is 2.17.